The van der Waals surface area contributed by atoms with Gasteiger partial charge < -0.3 is 59.4 Å². The summed E-state index contributed by atoms with van der Waals surface area (Å²) in [6.07, 6.45) is 2.01. The highest BCUT2D eigenvalue weighted by atomic mass is 31.2. The lowest BCUT2D eigenvalue weighted by Gasteiger charge is -2.30. The number of nitrogens with two attached hydrogens (primary N) is 3. The van der Waals surface area contributed by atoms with Crippen LogP contribution in [0.3, 0.4) is 0 Å². The Bertz CT molecular complexity index is 1310. The zero-order valence-electron chi connectivity index (χ0n) is 32.9. The molecule has 11 N–H and O–H groups in total. The van der Waals surface area contributed by atoms with E-state index < -0.39 is 31.4 Å². The van der Waals surface area contributed by atoms with Crippen LogP contribution in [0.2, 0.25) is 0 Å². The van der Waals surface area contributed by atoms with E-state index in [1.54, 1.807) is 6.92 Å². The van der Waals surface area contributed by atoms with Crippen LogP contribution in [0, 0.1) is 5.92 Å². The second kappa shape index (κ2) is 30.0. The van der Waals surface area contributed by atoms with Gasteiger partial charge in [0.15, 0.2) is 0 Å². The minimum absolute atomic E-state index is 0.0437. The summed E-state index contributed by atoms with van der Waals surface area (Å²) in [7, 11) is -3.60. The van der Waals surface area contributed by atoms with Gasteiger partial charge in [0, 0.05) is 38.3 Å². The molecule has 0 radical (unpaired) electrons. The lowest BCUT2D eigenvalue weighted by atomic mass is 9.87. The van der Waals surface area contributed by atoms with Crippen LogP contribution in [0.4, 0.5) is 0 Å². The first-order valence-electron chi connectivity index (χ1n) is 19.1. The van der Waals surface area contributed by atoms with Gasteiger partial charge in [0.1, 0.15) is 0 Å². The van der Waals surface area contributed by atoms with Crippen molar-refractivity contribution < 1.29 is 61.9 Å². The van der Waals surface area contributed by atoms with Gasteiger partial charge >= 0.3 is 7.60 Å². The molecule has 0 saturated heterocycles. The zero-order valence-corrected chi connectivity index (χ0v) is 33.8. The number of carbonyl (C=O) groups excluding carboxylic acids is 4. The molecule has 1 aromatic rings. The average Bonchev–Trinajstić information content (AvgIpc) is 3.20. The number of benzene rings is 1. The maximum Gasteiger partial charge on any atom is 0.328 e. The molecule has 1 aliphatic carbocycles. The van der Waals surface area contributed by atoms with Gasteiger partial charge in [-0.25, -0.2) is 17.7 Å². The highest BCUT2D eigenvalue weighted by Gasteiger charge is 2.31. The summed E-state index contributed by atoms with van der Waals surface area (Å²) in [5.41, 5.74) is 1.56. The second-order valence-electron chi connectivity index (χ2n) is 13.1. The van der Waals surface area contributed by atoms with Crippen LogP contribution in [-0.2, 0) is 70.0 Å². The van der Waals surface area contributed by atoms with Crippen LogP contribution in [0.15, 0.2) is 24.3 Å². The Balaban J connectivity index is 2.13. The smallest absolute Gasteiger partial charge is 0.328 e. The molecule has 0 heterocycles. The Morgan fingerprint density at radius 3 is 1.67 bits per heavy atom. The van der Waals surface area contributed by atoms with E-state index in [9.17, 15) is 28.6 Å². The predicted molar refractivity (Wildman–Crippen MR) is 206 cm³/mol. The van der Waals surface area contributed by atoms with E-state index in [1.807, 2.05) is 24.3 Å². The Labute approximate surface area is 334 Å². The van der Waals surface area contributed by atoms with Gasteiger partial charge in [0.05, 0.1) is 84.7 Å². The molecule has 4 amide bonds. The summed E-state index contributed by atoms with van der Waals surface area (Å²) in [4.78, 5) is 77.7. The molecule has 326 valence electrons. The largest absolute Gasteiger partial charge is 0.377 e. The second-order valence-corrected chi connectivity index (χ2v) is 15.3. The van der Waals surface area contributed by atoms with Crippen molar-refractivity contribution in [3.63, 3.8) is 0 Å². The van der Waals surface area contributed by atoms with Crippen molar-refractivity contribution in [1.29, 1.82) is 0 Å². The predicted octanol–water partition coefficient (Wildman–Crippen LogP) is -1.63. The van der Waals surface area contributed by atoms with Gasteiger partial charge in [0.2, 0.25) is 23.6 Å². The van der Waals surface area contributed by atoms with Gasteiger partial charge in [-0.15, -0.1) is 0 Å². The van der Waals surface area contributed by atoms with E-state index in [4.69, 9.17) is 36.4 Å². The summed E-state index contributed by atoms with van der Waals surface area (Å²) >= 11 is 0. The minimum Gasteiger partial charge on any atom is -0.377 e. The molecule has 1 unspecified atom stereocenters. The first kappa shape index (κ1) is 50.0. The summed E-state index contributed by atoms with van der Waals surface area (Å²) < 4.78 is 33.4. The molecule has 0 spiro atoms. The number of carbonyl (C=O) groups is 4. The van der Waals surface area contributed by atoms with Gasteiger partial charge in [0.25, 0.3) is 0 Å². The molecule has 2 atom stereocenters. The lowest BCUT2D eigenvalue weighted by molar-refractivity contribution is -0.132. The van der Waals surface area contributed by atoms with E-state index >= 15 is 0 Å². The number of hydrogen-bond donors (Lipinski definition) is 8. The monoisotopic (exact) mass is 834 g/mol. The summed E-state index contributed by atoms with van der Waals surface area (Å²) in [6.45, 7) is 3.62. The molecule has 1 saturated carbocycles. The molecule has 2 rings (SSSR count). The molecular formula is C35H63N8O13P. The van der Waals surface area contributed by atoms with Crippen molar-refractivity contribution >= 4 is 31.2 Å². The van der Waals surface area contributed by atoms with Gasteiger partial charge in [-0.2, -0.15) is 0 Å². The van der Waals surface area contributed by atoms with Gasteiger partial charge in [-0.3, -0.25) is 28.6 Å². The van der Waals surface area contributed by atoms with Crippen molar-refractivity contribution in [1.82, 2.24) is 26.2 Å². The molecule has 1 aromatic carbocycles. The molecule has 57 heavy (non-hydrogen) atoms. The highest BCUT2D eigenvalue weighted by molar-refractivity contribution is 7.52. The van der Waals surface area contributed by atoms with Crippen LogP contribution < -0.4 is 39.0 Å². The number of nitrogens with one attached hydrogen (secondary N) is 4. The van der Waals surface area contributed by atoms with E-state index in [0.29, 0.717) is 25.7 Å². The highest BCUT2D eigenvalue weighted by Crippen LogP contribution is 2.45. The molecule has 21 nitrogen and oxygen atoms in total. The fraction of sp³-hybridized carbons (Fsp3) is 0.714. The van der Waals surface area contributed by atoms with Crippen molar-refractivity contribution in [2.75, 3.05) is 98.3 Å². The minimum atomic E-state index is -3.60. The zero-order chi connectivity index (χ0) is 41.7. The molecule has 22 heteroatoms. The van der Waals surface area contributed by atoms with Crippen LogP contribution in [0.5, 0.6) is 0 Å². The van der Waals surface area contributed by atoms with Gasteiger partial charge in [-0.1, -0.05) is 31.2 Å². The Morgan fingerprint density at radius 1 is 0.719 bits per heavy atom. The van der Waals surface area contributed by atoms with Crippen LogP contribution in [0.1, 0.15) is 43.7 Å². The van der Waals surface area contributed by atoms with Crippen LogP contribution in [0.25, 0.3) is 0 Å². The van der Waals surface area contributed by atoms with Crippen molar-refractivity contribution in [2.45, 2.75) is 57.7 Å². The van der Waals surface area contributed by atoms with Crippen molar-refractivity contribution in [2.24, 2.45) is 23.6 Å². The third-order valence-corrected chi connectivity index (χ3v) is 10.3. The summed E-state index contributed by atoms with van der Waals surface area (Å²) in [5, 5.41) is 11.3. The molecule has 0 aliphatic heterocycles. The van der Waals surface area contributed by atoms with Crippen LogP contribution in [-0.4, -0.2) is 144 Å². The van der Waals surface area contributed by atoms with Gasteiger partial charge in [-0.05, 0) is 43.2 Å². The molecule has 1 aliphatic rings. The molecular weight excluding hydrogens is 771 g/mol. The molecule has 0 aromatic heterocycles. The number of nitrogens with zero attached hydrogens (tertiary/aromatic N) is 1. The normalized spacial score (nSPS) is 17.1. The van der Waals surface area contributed by atoms with Crippen LogP contribution >= 0.6 is 7.60 Å². The maximum absolute atomic E-state index is 13.8. The SMILES string of the molecule is CCP(=O)(O)O[C@H]1CC[C@H](C(=O)NCc2ccc(C[C@H](C(=O)NCCOCCON)N(CC(=O)NCCOCCON)CC(=O)NCCOCCON)cc2)CC1. The third kappa shape index (κ3) is 22.5. The molecule has 0 bridgehead atoms. The standard InChI is InChI=1S/C35H63N8O13P/c1-2-57(48,49)56-30-9-7-29(8-10-30)34(46)42-24-28-5-3-27(4-6-28)23-31(35(47)41-13-16-52-19-22-55-38)43(25-32(44)39-11-14-50-17-20-53-36)26-33(45)40-12-15-51-18-21-54-37/h3-6,29-31H,2,7-26,36-38H2,1H3,(H,39,44)(H,40,45)(H,41,47)(H,42,46)(H,48,49)/t29-,30-,31-/m1/s1. The summed E-state index contributed by atoms with van der Waals surface area (Å²) in [5.74, 6) is 13.4. The van der Waals surface area contributed by atoms with Crippen molar-refractivity contribution in [3.05, 3.63) is 35.4 Å². The number of amides is 4. The number of rotatable bonds is 32. The van der Waals surface area contributed by atoms with E-state index in [-0.39, 0.29) is 129 Å². The van der Waals surface area contributed by atoms with E-state index in [0.717, 1.165) is 11.1 Å². The van der Waals surface area contributed by atoms with E-state index in [2.05, 4.69) is 35.8 Å². The summed E-state index contributed by atoms with van der Waals surface area (Å²) in [6, 6.07) is 6.35. The lowest BCUT2D eigenvalue weighted by Crippen LogP contribution is -2.54. The Hall–Kier alpha value is -3.15. The maximum atomic E-state index is 13.8. The average molecular weight is 835 g/mol. The quantitative estimate of drug-likeness (QED) is 0.0230. The topological polar surface area (TPSA) is 300 Å². The third-order valence-electron chi connectivity index (χ3n) is 8.83. The fourth-order valence-corrected chi connectivity index (χ4v) is 6.58. The first-order valence-corrected chi connectivity index (χ1v) is 20.9. The van der Waals surface area contributed by atoms with Crippen molar-refractivity contribution in [3.8, 4) is 0 Å². The number of ether oxygens (including phenoxy) is 3. The molecule has 1 fully saturated rings. The number of hydrogen-bond acceptors (Lipinski definition) is 16. The fourth-order valence-electron chi connectivity index (χ4n) is 5.75. The Kier molecular flexibility index (Phi) is 26.3. The first-order chi connectivity index (χ1) is 27.5. The van der Waals surface area contributed by atoms with E-state index in [1.165, 1.54) is 4.90 Å². The Morgan fingerprint density at radius 2 is 1.19 bits per heavy atom.